The lowest BCUT2D eigenvalue weighted by Gasteiger charge is -2.21. The fraction of sp³-hybridized carbons (Fsp3) is 0.367. The van der Waals surface area contributed by atoms with Gasteiger partial charge in [0.2, 0.25) is 0 Å². The predicted octanol–water partition coefficient (Wildman–Crippen LogP) is 6.06. The van der Waals surface area contributed by atoms with Gasteiger partial charge in [0.25, 0.3) is 15.8 Å². The normalized spacial score (nSPS) is 14.2. The highest BCUT2D eigenvalue weighted by Crippen LogP contribution is 2.43. The largest absolute Gasteiger partial charge is 0.481 e. The molecule has 0 aromatic heterocycles. The van der Waals surface area contributed by atoms with Crippen LogP contribution in [0.3, 0.4) is 0 Å². The summed E-state index contributed by atoms with van der Waals surface area (Å²) in [6.07, 6.45) is 3.18. The maximum Gasteiger partial charge on any atom is 0.303 e. The van der Waals surface area contributed by atoms with E-state index in [9.17, 15) is 23.3 Å². The number of aliphatic carboxylic acids is 1. The van der Waals surface area contributed by atoms with Gasteiger partial charge in [0.05, 0.1) is 16.4 Å². The molecular weight excluding hydrogens is 590 g/mol. The molecule has 3 aromatic carbocycles. The molecule has 14 heteroatoms. The molecule has 0 fully saturated rings. The van der Waals surface area contributed by atoms with Crippen LogP contribution < -0.4 is 14.5 Å². The van der Waals surface area contributed by atoms with Gasteiger partial charge in [-0.3, -0.25) is 19.5 Å². The van der Waals surface area contributed by atoms with Gasteiger partial charge in [-0.2, -0.15) is 13.5 Å². The van der Waals surface area contributed by atoms with Crippen molar-refractivity contribution in [2.75, 3.05) is 41.7 Å². The summed E-state index contributed by atoms with van der Waals surface area (Å²) in [5.41, 5.74) is 5.02. The second-order valence-corrected chi connectivity index (χ2v) is 12.4. The monoisotopic (exact) mass is 623 g/mol. The van der Waals surface area contributed by atoms with E-state index >= 15 is 0 Å². The molecule has 0 radical (unpaired) electrons. The summed E-state index contributed by atoms with van der Waals surface area (Å²) in [7, 11) is -4.01. The third-order valence-electron chi connectivity index (χ3n) is 7.66. The van der Waals surface area contributed by atoms with Crippen LogP contribution in [0.15, 0.2) is 64.8 Å². The van der Waals surface area contributed by atoms with Crippen molar-refractivity contribution >= 4 is 44.5 Å². The second kappa shape index (κ2) is 13.4. The van der Waals surface area contributed by atoms with Gasteiger partial charge in [-0.1, -0.05) is 6.07 Å². The Kier molecular flexibility index (Phi) is 9.40. The lowest BCUT2D eigenvalue weighted by Crippen LogP contribution is -2.22. The van der Waals surface area contributed by atoms with Crippen LogP contribution >= 0.6 is 0 Å². The number of anilines is 2. The molecular formula is C30H33N5O8S. The maximum absolute atomic E-state index is 11.1. The van der Waals surface area contributed by atoms with Crippen LogP contribution in [0.25, 0.3) is 0 Å². The molecule has 0 spiro atoms. The molecule has 232 valence electrons. The quantitative estimate of drug-likeness (QED) is 0.0706. The fourth-order valence-electron chi connectivity index (χ4n) is 5.47. The first kappa shape index (κ1) is 30.9. The van der Waals surface area contributed by atoms with Crippen LogP contribution in [0.5, 0.6) is 11.5 Å². The number of non-ortho nitro benzene ring substituents is 1. The van der Waals surface area contributed by atoms with Crippen molar-refractivity contribution in [3.63, 3.8) is 0 Å². The minimum atomic E-state index is -4.01. The highest BCUT2D eigenvalue weighted by molar-refractivity contribution is 7.85. The summed E-state index contributed by atoms with van der Waals surface area (Å²) in [6, 6.07) is 15.4. The van der Waals surface area contributed by atoms with Crippen molar-refractivity contribution in [2.24, 2.45) is 10.2 Å². The van der Waals surface area contributed by atoms with Gasteiger partial charge in [0.15, 0.2) is 5.75 Å². The fourth-order valence-corrected chi connectivity index (χ4v) is 6.04. The average Bonchev–Trinajstić information content (AvgIpc) is 3.56. The van der Waals surface area contributed by atoms with Crippen LogP contribution in [0.2, 0.25) is 0 Å². The van der Waals surface area contributed by atoms with Crippen LogP contribution in [0, 0.1) is 10.1 Å². The highest BCUT2D eigenvalue weighted by atomic mass is 32.2. The lowest BCUT2D eigenvalue weighted by molar-refractivity contribution is -0.384. The molecule has 2 heterocycles. The molecule has 3 aromatic rings. The molecule has 5 rings (SSSR count). The molecule has 44 heavy (non-hydrogen) atoms. The van der Waals surface area contributed by atoms with Gasteiger partial charge in [0, 0.05) is 68.2 Å². The number of hydrogen-bond acceptors (Lipinski definition) is 10. The molecule has 0 aliphatic carbocycles. The molecule has 2 aliphatic heterocycles. The van der Waals surface area contributed by atoms with Crippen molar-refractivity contribution in [1.29, 1.82) is 0 Å². The van der Waals surface area contributed by atoms with Crippen LogP contribution in [0.4, 0.5) is 28.4 Å². The Bertz CT molecular complexity index is 1680. The Morgan fingerprint density at radius 3 is 2.27 bits per heavy atom. The van der Waals surface area contributed by atoms with Crippen molar-refractivity contribution in [1.82, 2.24) is 0 Å². The SMILES string of the molecule is O=C(O)CCCN1CCc2ccc(Oc3cc4c(cc3N=Nc3ccc([N+](=O)[O-])cc3)CCN4CCCCS(=O)(=O)O)cc21. The smallest absolute Gasteiger partial charge is 0.303 e. The summed E-state index contributed by atoms with van der Waals surface area (Å²) in [6.45, 7) is 2.77. The number of carbonyl (C=O) groups is 1. The van der Waals surface area contributed by atoms with E-state index in [1.165, 1.54) is 24.3 Å². The minimum absolute atomic E-state index is 0.0456. The molecule has 0 saturated heterocycles. The van der Waals surface area contributed by atoms with E-state index in [4.69, 9.17) is 14.4 Å². The third kappa shape index (κ3) is 7.88. The molecule has 0 amide bonds. The Morgan fingerprint density at radius 2 is 1.59 bits per heavy atom. The van der Waals surface area contributed by atoms with E-state index in [1.54, 1.807) is 0 Å². The van der Waals surface area contributed by atoms with Crippen LogP contribution in [-0.4, -0.2) is 60.9 Å². The molecule has 13 nitrogen and oxygen atoms in total. The topological polar surface area (TPSA) is 175 Å². The molecule has 0 atom stereocenters. The number of hydrogen-bond donors (Lipinski definition) is 2. The summed E-state index contributed by atoms with van der Waals surface area (Å²) in [5, 5.41) is 28.8. The molecule has 2 N–H and O–H groups in total. The first-order chi connectivity index (χ1) is 21.1. The van der Waals surface area contributed by atoms with Gasteiger partial charge in [-0.05, 0) is 67.5 Å². The Hall–Kier alpha value is -4.56. The van der Waals surface area contributed by atoms with Crippen LogP contribution in [-0.2, 0) is 27.8 Å². The first-order valence-electron chi connectivity index (χ1n) is 14.4. The van der Waals surface area contributed by atoms with Gasteiger partial charge in [-0.25, -0.2) is 0 Å². The Labute approximate surface area is 254 Å². The van der Waals surface area contributed by atoms with E-state index in [2.05, 4.69) is 20.0 Å². The predicted molar refractivity (Wildman–Crippen MR) is 165 cm³/mol. The standard InChI is InChI=1S/C30H33N5O8S/c36-30(37)4-3-14-34-15-11-21-5-10-25(19-27(21)34)43-29-20-28-22(12-16-33(28)13-1-2-17-44(40,41)42)18-26(29)32-31-23-6-8-24(9-7-23)35(38)39/h5-10,18-20H,1-4,11-17H2,(H,36,37)(H,40,41,42). The van der Waals surface area contributed by atoms with Crippen molar-refractivity contribution < 1.29 is 32.5 Å². The zero-order chi connectivity index (χ0) is 31.3. The second-order valence-electron chi connectivity index (χ2n) is 10.8. The van der Waals surface area contributed by atoms with Gasteiger partial charge in [-0.15, -0.1) is 5.11 Å². The van der Waals surface area contributed by atoms with Crippen molar-refractivity contribution in [2.45, 2.75) is 38.5 Å². The average molecular weight is 624 g/mol. The number of carboxylic acid groups (broad SMARTS) is 1. The zero-order valence-corrected chi connectivity index (χ0v) is 24.8. The van der Waals surface area contributed by atoms with E-state index in [1.807, 2.05) is 30.3 Å². The molecule has 0 saturated carbocycles. The number of ether oxygens (including phenoxy) is 1. The molecule has 0 bridgehead atoms. The number of carboxylic acids is 1. The number of unbranched alkanes of at least 4 members (excludes halogenated alkanes) is 1. The third-order valence-corrected chi connectivity index (χ3v) is 8.47. The van der Waals surface area contributed by atoms with E-state index in [-0.39, 0.29) is 17.9 Å². The summed E-state index contributed by atoms with van der Waals surface area (Å²) >= 11 is 0. The number of fused-ring (bicyclic) bond motifs is 2. The Morgan fingerprint density at radius 1 is 0.909 bits per heavy atom. The van der Waals surface area contributed by atoms with Crippen molar-refractivity contribution in [3.8, 4) is 11.5 Å². The maximum atomic E-state index is 11.1. The van der Waals surface area contributed by atoms with E-state index < -0.39 is 21.0 Å². The van der Waals surface area contributed by atoms with Crippen molar-refractivity contribution in [3.05, 3.63) is 75.8 Å². The zero-order valence-electron chi connectivity index (χ0n) is 24.0. The number of nitro benzene ring substituents is 1. The van der Waals surface area contributed by atoms with E-state index in [0.717, 1.165) is 48.4 Å². The molecule has 0 unspecified atom stereocenters. The number of azo groups is 1. The number of nitro groups is 1. The number of nitrogens with zero attached hydrogens (tertiary/aromatic N) is 5. The summed E-state index contributed by atoms with van der Waals surface area (Å²) < 4.78 is 37.7. The summed E-state index contributed by atoms with van der Waals surface area (Å²) in [4.78, 5) is 25.8. The van der Waals surface area contributed by atoms with Gasteiger partial charge >= 0.3 is 5.97 Å². The number of benzene rings is 3. The summed E-state index contributed by atoms with van der Waals surface area (Å²) in [5.74, 6) is -0.0654. The molecule has 2 aliphatic rings. The Balaban J connectivity index is 1.40. The van der Waals surface area contributed by atoms with E-state index in [0.29, 0.717) is 55.2 Å². The van der Waals surface area contributed by atoms with Gasteiger partial charge in [0.1, 0.15) is 11.4 Å². The first-order valence-corrected chi connectivity index (χ1v) is 16.0. The van der Waals surface area contributed by atoms with Gasteiger partial charge < -0.3 is 19.6 Å². The minimum Gasteiger partial charge on any atom is -0.481 e. The number of rotatable bonds is 14. The lowest BCUT2D eigenvalue weighted by atomic mass is 10.1. The highest BCUT2D eigenvalue weighted by Gasteiger charge is 2.24. The van der Waals surface area contributed by atoms with Crippen LogP contribution in [0.1, 0.15) is 36.8 Å².